The van der Waals surface area contributed by atoms with Crippen LogP contribution in [0.5, 0.6) is 0 Å². The quantitative estimate of drug-likeness (QED) is 0.513. The number of hydrogen-bond acceptors (Lipinski definition) is 7. The van der Waals surface area contributed by atoms with Gasteiger partial charge in [0, 0.05) is 26.4 Å². The highest BCUT2D eigenvalue weighted by Gasteiger charge is 2.18. The van der Waals surface area contributed by atoms with Crippen LogP contribution in [0.25, 0.3) is 0 Å². The summed E-state index contributed by atoms with van der Waals surface area (Å²) in [5, 5.41) is 8.60. The van der Waals surface area contributed by atoms with Crippen LogP contribution in [0.15, 0.2) is 54.9 Å². The summed E-state index contributed by atoms with van der Waals surface area (Å²) >= 11 is 0. The molecule has 1 aromatic carbocycles. The van der Waals surface area contributed by atoms with Crippen molar-refractivity contribution in [1.29, 1.82) is 0 Å². The molecule has 2 aromatic heterocycles. The van der Waals surface area contributed by atoms with Crippen molar-refractivity contribution < 1.29 is 17.6 Å². The molecule has 0 aliphatic heterocycles. The number of sulfonamides is 1. The van der Waals surface area contributed by atoms with E-state index in [0.29, 0.717) is 28.7 Å². The van der Waals surface area contributed by atoms with E-state index in [-0.39, 0.29) is 11.5 Å². The fourth-order valence-corrected chi connectivity index (χ4v) is 3.22. The Morgan fingerprint density at radius 1 is 1.00 bits per heavy atom. The zero-order valence-corrected chi connectivity index (χ0v) is 17.9. The largest absolute Gasteiger partial charge is 0.355 e. The number of carbonyl (C=O) groups is 1. The van der Waals surface area contributed by atoms with E-state index in [1.807, 2.05) is 0 Å². The van der Waals surface area contributed by atoms with Gasteiger partial charge in [-0.3, -0.25) is 9.10 Å². The lowest BCUT2D eigenvalue weighted by atomic mass is 10.2. The van der Waals surface area contributed by atoms with Crippen molar-refractivity contribution in [2.45, 2.75) is 0 Å². The van der Waals surface area contributed by atoms with Crippen LogP contribution in [0, 0.1) is 5.82 Å². The van der Waals surface area contributed by atoms with Crippen molar-refractivity contribution >= 4 is 44.6 Å². The Morgan fingerprint density at radius 2 is 1.71 bits per heavy atom. The Morgan fingerprint density at radius 3 is 2.35 bits per heavy atom. The lowest BCUT2D eigenvalue weighted by Crippen LogP contribution is -2.25. The van der Waals surface area contributed by atoms with Gasteiger partial charge >= 0.3 is 0 Å². The minimum Gasteiger partial charge on any atom is -0.355 e. The van der Waals surface area contributed by atoms with Gasteiger partial charge in [-0.15, -0.1) is 0 Å². The number of amides is 1. The third-order valence-corrected chi connectivity index (χ3v) is 5.56. The van der Waals surface area contributed by atoms with Crippen molar-refractivity contribution in [3.05, 3.63) is 66.2 Å². The van der Waals surface area contributed by atoms with E-state index in [4.69, 9.17) is 0 Å². The van der Waals surface area contributed by atoms with Crippen LogP contribution in [0.3, 0.4) is 0 Å². The number of benzene rings is 1. The number of hydrogen-bond donors (Lipinski definition) is 3. The molecule has 3 N–H and O–H groups in total. The predicted molar refractivity (Wildman–Crippen MR) is 118 cm³/mol. The molecule has 0 saturated carbocycles. The molecule has 0 saturated heterocycles. The predicted octanol–water partition coefficient (Wildman–Crippen LogP) is 2.86. The van der Waals surface area contributed by atoms with Crippen LogP contribution in [0.1, 0.15) is 10.4 Å². The highest BCUT2D eigenvalue weighted by Crippen LogP contribution is 2.31. The number of pyridine rings is 2. The molecule has 162 valence electrons. The summed E-state index contributed by atoms with van der Waals surface area (Å²) < 4.78 is 38.3. The standard InChI is InChI=1S/C20H21FN6O3S/c1-22-20(28)14-12-24-19(26-18-9-8-13(21)11-23-18)10-16(14)25-15-6-4-5-7-17(15)27(2)31(3,29)30/h4-12H,1-3H3,(H,22,28)(H2,23,24,25,26). The van der Waals surface area contributed by atoms with Gasteiger partial charge in [-0.1, -0.05) is 12.1 Å². The van der Waals surface area contributed by atoms with Gasteiger partial charge < -0.3 is 16.0 Å². The maximum absolute atomic E-state index is 13.1. The number of nitrogens with zero attached hydrogens (tertiary/aromatic N) is 3. The van der Waals surface area contributed by atoms with E-state index in [0.717, 1.165) is 16.8 Å². The SMILES string of the molecule is CNC(=O)c1cnc(Nc2ccc(F)cn2)cc1Nc1ccccc1N(C)S(C)(=O)=O. The Labute approximate surface area is 179 Å². The van der Waals surface area contributed by atoms with E-state index in [2.05, 4.69) is 25.9 Å². The Kier molecular flexibility index (Phi) is 6.35. The molecule has 0 bridgehead atoms. The van der Waals surface area contributed by atoms with Crippen LogP contribution in [-0.4, -0.2) is 44.6 Å². The number of nitrogens with one attached hydrogen (secondary N) is 3. The second-order valence-electron chi connectivity index (χ2n) is 6.55. The second-order valence-corrected chi connectivity index (χ2v) is 8.57. The topological polar surface area (TPSA) is 116 Å². The molecule has 3 rings (SSSR count). The molecule has 3 aromatic rings. The molecule has 9 nitrogen and oxygen atoms in total. The molecule has 0 radical (unpaired) electrons. The first kappa shape index (κ1) is 22.0. The van der Waals surface area contributed by atoms with Crippen LogP contribution >= 0.6 is 0 Å². The number of carbonyl (C=O) groups excluding carboxylic acids is 1. The number of aromatic nitrogens is 2. The van der Waals surface area contributed by atoms with E-state index >= 15 is 0 Å². The molecule has 0 aliphatic rings. The Bertz CT molecular complexity index is 1200. The molecule has 0 atom stereocenters. The Hall–Kier alpha value is -3.73. The molecule has 0 aliphatic carbocycles. The van der Waals surface area contributed by atoms with Crippen LogP contribution in [0.4, 0.5) is 33.1 Å². The summed E-state index contributed by atoms with van der Waals surface area (Å²) in [6.07, 6.45) is 3.54. The van der Waals surface area contributed by atoms with E-state index in [1.54, 1.807) is 30.3 Å². The molecular formula is C20H21FN6O3S. The van der Waals surface area contributed by atoms with Gasteiger partial charge in [0.15, 0.2) is 0 Å². The fraction of sp³-hybridized carbons (Fsp3) is 0.150. The molecule has 1 amide bonds. The summed E-state index contributed by atoms with van der Waals surface area (Å²) in [4.78, 5) is 20.5. The number of para-hydroxylation sites is 2. The van der Waals surface area contributed by atoms with Crippen molar-refractivity contribution in [3.63, 3.8) is 0 Å². The Balaban J connectivity index is 2.01. The zero-order chi connectivity index (χ0) is 22.6. The molecule has 0 fully saturated rings. The zero-order valence-electron chi connectivity index (χ0n) is 17.0. The maximum Gasteiger partial charge on any atom is 0.254 e. The summed E-state index contributed by atoms with van der Waals surface area (Å²) in [7, 11) is -0.572. The third-order valence-electron chi connectivity index (χ3n) is 4.37. The van der Waals surface area contributed by atoms with E-state index in [9.17, 15) is 17.6 Å². The summed E-state index contributed by atoms with van der Waals surface area (Å²) in [5.41, 5.74) is 1.50. The molecular weight excluding hydrogens is 423 g/mol. The highest BCUT2D eigenvalue weighted by molar-refractivity contribution is 7.92. The number of halogens is 1. The third kappa shape index (κ3) is 5.25. The van der Waals surface area contributed by atoms with E-state index in [1.165, 1.54) is 32.4 Å². The minimum absolute atomic E-state index is 0.247. The molecule has 2 heterocycles. The molecule has 0 unspecified atom stereocenters. The van der Waals surface area contributed by atoms with Crippen molar-refractivity contribution in [3.8, 4) is 0 Å². The average molecular weight is 444 g/mol. The number of rotatable bonds is 7. The molecule has 31 heavy (non-hydrogen) atoms. The van der Waals surface area contributed by atoms with Crippen LogP contribution < -0.4 is 20.3 Å². The second kappa shape index (κ2) is 8.96. The summed E-state index contributed by atoms with van der Waals surface area (Å²) in [6.45, 7) is 0. The minimum atomic E-state index is -3.50. The lowest BCUT2D eigenvalue weighted by Gasteiger charge is -2.21. The first-order valence-corrected chi connectivity index (χ1v) is 10.9. The first-order chi connectivity index (χ1) is 14.7. The monoisotopic (exact) mass is 444 g/mol. The summed E-state index contributed by atoms with van der Waals surface area (Å²) in [5.74, 6) is -0.134. The van der Waals surface area contributed by atoms with Gasteiger partial charge in [-0.2, -0.15) is 0 Å². The first-order valence-electron chi connectivity index (χ1n) is 9.09. The van der Waals surface area contributed by atoms with Gasteiger partial charge in [-0.05, 0) is 24.3 Å². The normalized spacial score (nSPS) is 11.0. The van der Waals surface area contributed by atoms with Gasteiger partial charge in [0.1, 0.15) is 17.5 Å². The molecule has 0 spiro atoms. The van der Waals surface area contributed by atoms with Gasteiger partial charge in [0.05, 0.1) is 35.1 Å². The van der Waals surface area contributed by atoms with Crippen molar-refractivity contribution in [2.24, 2.45) is 0 Å². The van der Waals surface area contributed by atoms with Crippen LogP contribution in [0.2, 0.25) is 0 Å². The smallest absolute Gasteiger partial charge is 0.254 e. The van der Waals surface area contributed by atoms with Gasteiger partial charge in [0.2, 0.25) is 10.0 Å². The van der Waals surface area contributed by atoms with Gasteiger partial charge in [-0.25, -0.2) is 22.8 Å². The van der Waals surface area contributed by atoms with Gasteiger partial charge in [0.25, 0.3) is 5.91 Å². The number of anilines is 5. The highest BCUT2D eigenvalue weighted by atomic mass is 32.2. The average Bonchev–Trinajstić information content (AvgIpc) is 2.74. The maximum atomic E-state index is 13.1. The lowest BCUT2D eigenvalue weighted by molar-refractivity contribution is 0.0963. The van der Waals surface area contributed by atoms with E-state index < -0.39 is 15.8 Å². The summed E-state index contributed by atoms with van der Waals surface area (Å²) in [6, 6.07) is 11.1. The van der Waals surface area contributed by atoms with Crippen molar-refractivity contribution in [1.82, 2.24) is 15.3 Å². The van der Waals surface area contributed by atoms with Crippen LogP contribution in [-0.2, 0) is 10.0 Å². The van der Waals surface area contributed by atoms with Crippen molar-refractivity contribution in [2.75, 3.05) is 35.3 Å². The molecule has 11 heteroatoms. The fourth-order valence-electron chi connectivity index (χ4n) is 2.70.